The van der Waals surface area contributed by atoms with E-state index < -0.39 is 17.0 Å². The minimum Gasteiger partial charge on any atom is -0.494 e. The highest BCUT2D eigenvalue weighted by Crippen LogP contribution is 2.17. The van der Waals surface area contributed by atoms with Gasteiger partial charge in [-0.05, 0) is 25.0 Å². The molecule has 0 unspecified atom stereocenters. The minimum atomic E-state index is -0.776. The van der Waals surface area contributed by atoms with Gasteiger partial charge in [0.25, 0.3) is 0 Å². The Balaban J connectivity index is 1.68. The van der Waals surface area contributed by atoms with Crippen LogP contribution in [-0.4, -0.2) is 26.9 Å². The number of ether oxygens (including phenoxy) is 1. The van der Waals surface area contributed by atoms with Crippen LogP contribution in [0.2, 0.25) is 0 Å². The first-order valence-corrected chi connectivity index (χ1v) is 8.82. The molecule has 8 heteroatoms. The summed E-state index contributed by atoms with van der Waals surface area (Å²) in [6, 6.07) is 7.06. The van der Waals surface area contributed by atoms with Gasteiger partial charge in [-0.15, -0.1) is 0 Å². The highest BCUT2D eigenvalue weighted by atomic mass is 16.5. The molecule has 1 aromatic heterocycles. The van der Waals surface area contributed by atoms with Gasteiger partial charge in [-0.2, -0.15) is 5.10 Å². The number of nitrogens with zero attached hydrogens (tertiary/aromatic N) is 3. The number of unbranched alkanes of at least 4 members (excludes halogenated alkanes) is 1. The number of amides is 1. The summed E-state index contributed by atoms with van der Waals surface area (Å²) in [6.07, 6.45) is 3.41. The summed E-state index contributed by atoms with van der Waals surface area (Å²) in [7, 11) is 0. The number of anilines is 1. The molecule has 1 aliphatic heterocycles. The Bertz CT molecular complexity index is 916. The van der Waals surface area contributed by atoms with Crippen LogP contribution >= 0.6 is 0 Å². The Hall–Kier alpha value is -2.90. The van der Waals surface area contributed by atoms with Crippen molar-refractivity contribution in [3.8, 4) is 5.75 Å². The zero-order valence-corrected chi connectivity index (χ0v) is 14.7. The molecule has 26 heavy (non-hydrogen) atoms. The maximum atomic E-state index is 12.3. The Morgan fingerprint density at radius 1 is 1.31 bits per heavy atom. The number of rotatable bonds is 7. The van der Waals surface area contributed by atoms with Crippen LogP contribution < -0.4 is 21.2 Å². The lowest BCUT2D eigenvalue weighted by Gasteiger charge is -2.10. The first-order valence-electron chi connectivity index (χ1n) is 8.82. The molecular weight excluding hydrogens is 336 g/mol. The highest BCUT2D eigenvalue weighted by molar-refractivity contribution is 5.90. The molecular formula is C18H22N4O4. The molecule has 2 heterocycles. The van der Waals surface area contributed by atoms with Crippen LogP contribution in [-0.2, 0) is 24.3 Å². The van der Waals surface area contributed by atoms with Crippen LogP contribution in [0, 0.1) is 0 Å². The number of carbonyl (C=O) groups excluding carboxylic acids is 1. The summed E-state index contributed by atoms with van der Waals surface area (Å²) in [4.78, 5) is 36.4. The summed E-state index contributed by atoms with van der Waals surface area (Å²) in [5, 5.41) is 6.85. The predicted octanol–water partition coefficient (Wildman–Crippen LogP) is 1.17. The maximum Gasteiger partial charge on any atom is 0.333 e. The summed E-state index contributed by atoms with van der Waals surface area (Å²) in [6.45, 7) is 2.91. The van der Waals surface area contributed by atoms with Crippen LogP contribution in [0.3, 0.4) is 0 Å². The largest absolute Gasteiger partial charge is 0.494 e. The van der Waals surface area contributed by atoms with Gasteiger partial charge in [-0.3, -0.25) is 19.0 Å². The van der Waals surface area contributed by atoms with Crippen molar-refractivity contribution in [1.29, 1.82) is 0 Å². The molecule has 1 N–H and O–H groups in total. The lowest BCUT2D eigenvalue weighted by molar-refractivity contribution is -0.117. The maximum absolute atomic E-state index is 12.3. The van der Waals surface area contributed by atoms with Crippen LogP contribution in [0.5, 0.6) is 5.75 Å². The minimum absolute atomic E-state index is 0.303. The fourth-order valence-electron chi connectivity index (χ4n) is 2.83. The number of hydrogen-bond donors (Lipinski definition) is 1. The van der Waals surface area contributed by atoms with Gasteiger partial charge in [-0.1, -0.05) is 19.4 Å². The summed E-state index contributed by atoms with van der Waals surface area (Å²) < 4.78 is 7.93. The average molecular weight is 358 g/mol. The molecule has 0 fully saturated rings. The van der Waals surface area contributed by atoms with Crippen LogP contribution in [0.4, 0.5) is 5.69 Å². The van der Waals surface area contributed by atoms with Gasteiger partial charge >= 0.3 is 11.1 Å². The highest BCUT2D eigenvalue weighted by Gasteiger charge is 2.19. The molecule has 0 saturated carbocycles. The number of benzene rings is 1. The number of carbonyl (C=O) groups is 1. The zero-order valence-electron chi connectivity index (χ0n) is 14.7. The first-order chi connectivity index (χ1) is 12.6. The molecule has 0 aliphatic carbocycles. The molecule has 0 atom stereocenters. The fraction of sp³-hybridized carbons (Fsp3) is 0.444. The molecule has 138 valence electrons. The fourth-order valence-corrected chi connectivity index (χ4v) is 2.83. The molecule has 0 bridgehead atoms. The van der Waals surface area contributed by atoms with Gasteiger partial charge in [0.1, 0.15) is 18.1 Å². The predicted molar refractivity (Wildman–Crippen MR) is 96.6 cm³/mol. The van der Waals surface area contributed by atoms with Crippen molar-refractivity contribution in [2.24, 2.45) is 0 Å². The van der Waals surface area contributed by atoms with E-state index in [2.05, 4.69) is 17.3 Å². The number of aromatic nitrogens is 3. The normalized spacial score (nSPS) is 12.7. The second-order valence-corrected chi connectivity index (χ2v) is 6.22. The topological polar surface area (TPSA) is 95.2 Å². The molecule has 1 amide bonds. The van der Waals surface area contributed by atoms with Gasteiger partial charge < -0.3 is 10.1 Å². The molecule has 1 aliphatic rings. The van der Waals surface area contributed by atoms with Gasteiger partial charge in [-0.25, -0.2) is 4.68 Å². The Kier molecular flexibility index (Phi) is 5.50. The van der Waals surface area contributed by atoms with E-state index in [1.54, 1.807) is 18.2 Å². The van der Waals surface area contributed by atoms with Crippen LogP contribution in [0.1, 0.15) is 32.0 Å². The summed E-state index contributed by atoms with van der Waals surface area (Å²) in [5.74, 6) is 0.795. The quantitative estimate of drug-likeness (QED) is 0.592. The van der Waals surface area contributed by atoms with E-state index in [9.17, 15) is 14.4 Å². The molecule has 3 rings (SSSR count). The van der Waals surface area contributed by atoms with Gasteiger partial charge in [0.15, 0.2) is 0 Å². The van der Waals surface area contributed by atoms with Gasteiger partial charge in [0.05, 0.1) is 6.61 Å². The van der Waals surface area contributed by atoms with Crippen molar-refractivity contribution in [3.63, 3.8) is 0 Å². The third-order valence-corrected chi connectivity index (χ3v) is 4.17. The third kappa shape index (κ3) is 4.01. The molecule has 1 aromatic carbocycles. The van der Waals surface area contributed by atoms with Crippen molar-refractivity contribution < 1.29 is 9.53 Å². The molecule has 8 nitrogen and oxygen atoms in total. The van der Waals surface area contributed by atoms with E-state index in [1.165, 1.54) is 4.57 Å². The third-order valence-electron chi connectivity index (χ3n) is 4.17. The van der Waals surface area contributed by atoms with E-state index in [4.69, 9.17) is 4.74 Å². The van der Waals surface area contributed by atoms with E-state index in [1.807, 2.05) is 6.07 Å². The van der Waals surface area contributed by atoms with E-state index in [0.717, 1.165) is 23.9 Å². The number of nitrogens with one attached hydrogen (secondary N) is 1. The lowest BCUT2D eigenvalue weighted by atomic mass is 10.3. The second kappa shape index (κ2) is 7.99. The van der Waals surface area contributed by atoms with Crippen LogP contribution in [0.25, 0.3) is 0 Å². The Morgan fingerprint density at radius 3 is 2.96 bits per heavy atom. The molecule has 0 radical (unpaired) electrons. The lowest BCUT2D eigenvalue weighted by Crippen LogP contribution is -2.44. The van der Waals surface area contributed by atoms with Crippen molar-refractivity contribution in [2.45, 2.75) is 45.7 Å². The number of hydrogen-bond acceptors (Lipinski definition) is 5. The zero-order chi connectivity index (χ0) is 18.5. The first kappa shape index (κ1) is 17.9. The van der Waals surface area contributed by atoms with Crippen molar-refractivity contribution in [3.05, 3.63) is 50.8 Å². The average Bonchev–Trinajstić information content (AvgIpc) is 3.08. The van der Waals surface area contributed by atoms with Crippen molar-refractivity contribution >= 4 is 11.6 Å². The monoisotopic (exact) mass is 358 g/mol. The van der Waals surface area contributed by atoms with Crippen LogP contribution in [0.15, 0.2) is 33.9 Å². The van der Waals surface area contributed by atoms with E-state index in [0.29, 0.717) is 36.8 Å². The number of fused-ring (bicyclic) bond motifs is 1. The van der Waals surface area contributed by atoms with Crippen molar-refractivity contribution in [2.75, 3.05) is 11.9 Å². The molecule has 2 aromatic rings. The van der Waals surface area contributed by atoms with E-state index >= 15 is 0 Å². The SMILES string of the molecule is CCCCOc1cccc(NC(=O)Cn2nc3n(c(=O)c2=O)CCC3)c1. The van der Waals surface area contributed by atoms with Gasteiger partial charge in [0, 0.05) is 24.7 Å². The Labute approximate surface area is 150 Å². The summed E-state index contributed by atoms with van der Waals surface area (Å²) >= 11 is 0. The van der Waals surface area contributed by atoms with E-state index in [-0.39, 0.29) is 6.54 Å². The summed E-state index contributed by atoms with van der Waals surface area (Å²) in [5.41, 5.74) is -0.830. The van der Waals surface area contributed by atoms with Crippen molar-refractivity contribution in [1.82, 2.24) is 14.3 Å². The standard InChI is InChI=1S/C18H22N4O4/c1-2-3-10-26-14-7-4-6-13(11-14)19-16(23)12-22-18(25)17(24)21-9-5-8-15(21)20-22/h4,6-7,11H,2-3,5,8-10,12H2,1H3,(H,19,23). The van der Waals surface area contributed by atoms with Gasteiger partial charge in [0.2, 0.25) is 5.91 Å². The molecule has 0 saturated heterocycles. The second-order valence-electron chi connectivity index (χ2n) is 6.22. The molecule has 0 spiro atoms. The number of aryl methyl sites for hydroxylation is 1. The smallest absolute Gasteiger partial charge is 0.333 e. The Morgan fingerprint density at radius 2 is 2.15 bits per heavy atom.